The average molecular weight is 251 g/mol. The predicted molar refractivity (Wildman–Crippen MR) is 56.7 cm³/mol. The van der Waals surface area contributed by atoms with Crippen LogP contribution < -0.4 is 5.32 Å². The molecule has 1 unspecified atom stereocenters. The minimum absolute atomic E-state index is 0.0691. The van der Waals surface area contributed by atoms with E-state index in [0.717, 1.165) is 5.76 Å². The van der Waals surface area contributed by atoms with E-state index in [1.165, 1.54) is 0 Å². The van der Waals surface area contributed by atoms with Gasteiger partial charge >= 0.3 is 6.18 Å². The van der Waals surface area contributed by atoms with Crippen molar-refractivity contribution in [3.63, 3.8) is 0 Å². The first-order valence-electron chi connectivity index (χ1n) is 5.36. The second-order valence-electron chi connectivity index (χ2n) is 3.69. The van der Waals surface area contributed by atoms with Crippen LogP contribution in [0.3, 0.4) is 0 Å². The summed E-state index contributed by atoms with van der Waals surface area (Å²) in [5.74, 6) is 1.31. The number of hydrogen-bond acceptors (Lipinski definition) is 3. The first-order valence-corrected chi connectivity index (χ1v) is 5.36. The number of alkyl halides is 3. The van der Waals surface area contributed by atoms with E-state index in [2.05, 4.69) is 10.1 Å². The smallest absolute Gasteiger partial charge is 0.411 e. The highest BCUT2D eigenvalue weighted by Gasteiger charge is 2.28. The Morgan fingerprint density at radius 3 is 2.59 bits per heavy atom. The average Bonchev–Trinajstić information content (AvgIpc) is 2.62. The van der Waals surface area contributed by atoms with Gasteiger partial charge in [0, 0.05) is 0 Å². The number of rotatable bonds is 6. The zero-order chi connectivity index (χ0) is 12.9. The summed E-state index contributed by atoms with van der Waals surface area (Å²) in [6, 6.07) is 3.15. The van der Waals surface area contributed by atoms with Crippen molar-refractivity contribution < 1.29 is 22.3 Å². The third-order valence-electron chi connectivity index (χ3n) is 2.11. The molecule has 1 aromatic rings. The lowest BCUT2D eigenvalue weighted by Crippen LogP contribution is -2.27. The van der Waals surface area contributed by atoms with E-state index in [1.54, 1.807) is 19.1 Å². The second kappa shape index (κ2) is 6.07. The van der Waals surface area contributed by atoms with E-state index in [0.29, 0.717) is 12.3 Å². The highest BCUT2D eigenvalue weighted by molar-refractivity contribution is 5.09. The van der Waals surface area contributed by atoms with Gasteiger partial charge in [-0.05, 0) is 25.6 Å². The summed E-state index contributed by atoms with van der Waals surface area (Å²) >= 11 is 0. The molecule has 0 aliphatic carbocycles. The van der Waals surface area contributed by atoms with Gasteiger partial charge in [0.2, 0.25) is 0 Å². The van der Waals surface area contributed by atoms with Crippen molar-refractivity contribution in [3.05, 3.63) is 23.7 Å². The third-order valence-corrected chi connectivity index (χ3v) is 2.11. The van der Waals surface area contributed by atoms with Crippen molar-refractivity contribution in [1.82, 2.24) is 5.32 Å². The molecule has 0 aliphatic heterocycles. The number of likely N-dealkylation sites (N-methyl/N-ethyl adjacent to an activating group) is 1. The van der Waals surface area contributed by atoms with Crippen molar-refractivity contribution in [3.8, 4) is 0 Å². The van der Waals surface area contributed by atoms with Crippen molar-refractivity contribution in [2.45, 2.75) is 26.1 Å². The van der Waals surface area contributed by atoms with Gasteiger partial charge in [0.1, 0.15) is 18.1 Å². The van der Waals surface area contributed by atoms with Gasteiger partial charge in [-0.2, -0.15) is 13.2 Å². The fourth-order valence-corrected chi connectivity index (χ4v) is 1.42. The monoisotopic (exact) mass is 251 g/mol. The van der Waals surface area contributed by atoms with Crippen LogP contribution in [0.1, 0.15) is 24.5 Å². The van der Waals surface area contributed by atoms with Crippen LogP contribution in [0.2, 0.25) is 0 Å². The molecule has 1 heterocycles. The van der Waals surface area contributed by atoms with Gasteiger partial charge < -0.3 is 14.5 Å². The summed E-state index contributed by atoms with van der Waals surface area (Å²) in [6.07, 6.45) is -4.30. The molecule has 0 bridgehead atoms. The van der Waals surface area contributed by atoms with Crippen LogP contribution in [-0.2, 0) is 4.74 Å². The number of ether oxygens (including phenoxy) is 1. The van der Waals surface area contributed by atoms with Gasteiger partial charge in [-0.1, -0.05) is 6.92 Å². The van der Waals surface area contributed by atoms with Crippen LogP contribution in [0.15, 0.2) is 16.5 Å². The van der Waals surface area contributed by atoms with E-state index < -0.39 is 12.8 Å². The molecule has 0 spiro atoms. The summed E-state index contributed by atoms with van der Waals surface area (Å²) in [7, 11) is 0. The maximum absolute atomic E-state index is 11.9. The quantitative estimate of drug-likeness (QED) is 0.844. The molecule has 1 aromatic heterocycles. The molecule has 0 amide bonds. The molecular weight excluding hydrogens is 235 g/mol. The Morgan fingerprint density at radius 1 is 1.41 bits per heavy atom. The largest absolute Gasteiger partial charge is 0.465 e. The van der Waals surface area contributed by atoms with Gasteiger partial charge in [0.25, 0.3) is 0 Å². The molecule has 0 radical (unpaired) electrons. The van der Waals surface area contributed by atoms with Crippen molar-refractivity contribution >= 4 is 0 Å². The normalized spacial score (nSPS) is 13.9. The molecule has 3 nitrogen and oxygen atoms in total. The molecule has 17 heavy (non-hydrogen) atoms. The molecule has 1 atom stereocenters. The van der Waals surface area contributed by atoms with Gasteiger partial charge in [-0.15, -0.1) is 0 Å². The summed E-state index contributed by atoms with van der Waals surface area (Å²) in [5, 5.41) is 3.01. The van der Waals surface area contributed by atoms with E-state index in [9.17, 15) is 13.2 Å². The lowest BCUT2D eigenvalue weighted by molar-refractivity contribution is -0.175. The Hall–Kier alpha value is -1.01. The first kappa shape index (κ1) is 14.1. The van der Waals surface area contributed by atoms with E-state index in [4.69, 9.17) is 4.42 Å². The molecule has 0 aromatic carbocycles. The Labute approximate surface area is 97.9 Å². The Morgan fingerprint density at radius 2 is 2.12 bits per heavy atom. The molecule has 0 aliphatic rings. The molecule has 1 rings (SSSR count). The number of hydrogen-bond donors (Lipinski definition) is 1. The minimum atomic E-state index is -4.30. The Balaban J connectivity index is 2.49. The van der Waals surface area contributed by atoms with Crippen LogP contribution in [0.4, 0.5) is 13.2 Å². The van der Waals surface area contributed by atoms with Gasteiger partial charge in [-0.25, -0.2) is 0 Å². The Bertz CT molecular complexity index is 336. The zero-order valence-corrected chi connectivity index (χ0v) is 9.80. The Kier molecular flexibility index (Phi) is 5.02. The molecule has 1 N–H and O–H groups in total. The molecular formula is C11H16F3NO2. The topological polar surface area (TPSA) is 34.4 Å². The zero-order valence-electron chi connectivity index (χ0n) is 9.80. The lowest BCUT2D eigenvalue weighted by Gasteiger charge is -2.16. The number of nitrogens with one attached hydrogen (secondary N) is 1. The highest BCUT2D eigenvalue weighted by atomic mass is 19.4. The molecule has 0 fully saturated rings. The summed E-state index contributed by atoms with van der Waals surface area (Å²) in [5.41, 5.74) is 0. The number of aryl methyl sites for hydroxylation is 1. The maximum Gasteiger partial charge on any atom is 0.411 e. The second-order valence-corrected chi connectivity index (χ2v) is 3.69. The number of halogens is 3. The lowest BCUT2D eigenvalue weighted by atomic mass is 10.2. The first-order chi connectivity index (χ1) is 7.92. The van der Waals surface area contributed by atoms with E-state index >= 15 is 0 Å². The summed E-state index contributed by atoms with van der Waals surface area (Å²) in [6.45, 7) is 2.96. The maximum atomic E-state index is 11.9. The standard InChI is InChI=1S/C11H16F3NO2/c1-3-15-9(6-16-7-11(12,13)14)10-5-4-8(2)17-10/h4-5,9,15H,3,6-7H2,1-2H3. The molecule has 0 saturated heterocycles. The fourth-order valence-electron chi connectivity index (χ4n) is 1.42. The minimum Gasteiger partial charge on any atom is -0.465 e. The van der Waals surface area contributed by atoms with Crippen LogP contribution >= 0.6 is 0 Å². The van der Waals surface area contributed by atoms with Gasteiger partial charge in [0.15, 0.2) is 0 Å². The van der Waals surface area contributed by atoms with Gasteiger partial charge in [-0.3, -0.25) is 0 Å². The number of furan rings is 1. The predicted octanol–water partition coefficient (Wildman–Crippen LogP) is 2.82. The van der Waals surface area contributed by atoms with Gasteiger partial charge in [0.05, 0.1) is 12.6 Å². The van der Waals surface area contributed by atoms with Crippen molar-refractivity contribution in [2.75, 3.05) is 19.8 Å². The van der Waals surface area contributed by atoms with Crippen LogP contribution in [-0.4, -0.2) is 25.9 Å². The molecule has 0 saturated carbocycles. The third kappa shape index (κ3) is 5.23. The van der Waals surface area contributed by atoms with Crippen LogP contribution in [0, 0.1) is 6.92 Å². The molecule has 98 valence electrons. The van der Waals surface area contributed by atoms with Crippen LogP contribution in [0.25, 0.3) is 0 Å². The van der Waals surface area contributed by atoms with Crippen molar-refractivity contribution in [2.24, 2.45) is 0 Å². The van der Waals surface area contributed by atoms with E-state index in [1.807, 2.05) is 6.92 Å². The summed E-state index contributed by atoms with van der Waals surface area (Å²) in [4.78, 5) is 0. The highest BCUT2D eigenvalue weighted by Crippen LogP contribution is 2.19. The molecule has 6 heteroatoms. The fraction of sp³-hybridized carbons (Fsp3) is 0.636. The van der Waals surface area contributed by atoms with Crippen LogP contribution in [0.5, 0.6) is 0 Å². The summed E-state index contributed by atoms with van der Waals surface area (Å²) < 4.78 is 45.8. The van der Waals surface area contributed by atoms with E-state index in [-0.39, 0.29) is 12.6 Å². The SMILES string of the molecule is CCNC(COCC(F)(F)F)c1ccc(C)o1. The van der Waals surface area contributed by atoms with Crippen molar-refractivity contribution in [1.29, 1.82) is 0 Å².